The topological polar surface area (TPSA) is 29.3 Å². The predicted octanol–water partition coefficient (Wildman–Crippen LogP) is 4.45. The van der Waals surface area contributed by atoms with E-state index in [-0.39, 0.29) is 5.54 Å². The molecular formula is C19H32N2. The maximum absolute atomic E-state index is 6.30. The van der Waals surface area contributed by atoms with Crippen molar-refractivity contribution in [1.29, 1.82) is 0 Å². The molecule has 0 heterocycles. The first-order chi connectivity index (χ1) is 10.1. The van der Waals surface area contributed by atoms with E-state index in [2.05, 4.69) is 56.0 Å². The summed E-state index contributed by atoms with van der Waals surface area (Å²) in [5, 5.41) is 0. The third-order valence-corrected chi connectivity index (χ3v) is 5.06. The Balaban J connectivity index is 2.22. The van der Waals surface area contributed by atoms with Crippen LogP contribution in [0.3, 0.4) is 0 Å². The molecule has 0 spiro atoms. The lowest BCUT2D eigenvalue weighted by Gasteiger charge is -2.49. The average molecular weight is 288 g/mol. The Labute approximate surface area is 130 Å². The third kappa shape index (κ3) is 3.79. The summed E-state index contributed by atoms with van der Waals surface area (Å²) in [6.45, 7) is 8.75. The van der Waals surface area contributed by atoms with E-state index < -0.39 is 0 Å². The SMILES string of the molecule is CCN(c1ccccc1)C1(CN)CCCC(CC(C)C)C1. The smallest absolute Gasteiger partial charge is 0.0526 e. The summed E-state index contributed by atoms with van der Waals surface area (Å²) in [7, 11) is 0. The van der Waals surface area contributed by atoms with Gasteiger partial charge in [0.1, 0.15) is 0 Å². The number of benzene rings is 1. The summed E-state index contributed by atoms with van der Waals surface area (Å²) < 4.78 is 0. The van der Waals surface area contributed by atoms with Crippen LogP contribution in [-0.4, -0.2) is 18.6 Å². The average Bonchev–Trinajstić information content (AvgIpc) is 2.48. The Morgan fingerprint density at radius 3 is 2.57 bits per heavy atom. The molecule has 21 heavy (non-hydrogen) atoms. The van der Waals surface area contributed by atoms with Gasteiger partial charge in [-0.15, -0.1) is 0 Å². The van der Waals surface area contributed by atoms with E-state index in [0.29, 0.717) is 0 Å². The molecule has 1 saturated carbocycles. The lowest BCUT2D eigenvalue weighted by Crippen LogP contribution is -2.56. The number of para-hydroxylation sites is 1. The van der Waals surface area contributed by atoms with Gasteiger partial charge in [-0.2, -0.15) is 0 Å². The van der Waals surface area contributed by atoms with Gasteiger partial charge in [-0.25, -0.2) is 0 Å². The van der Waals surface area contributed by atoms with E-state index in [1.54, 1.807) is 0 Å². The fourth-order valence-corrected chi connectivity index (χ4v) is 4.27. The van der Waals surface area contributed by atoms with Crippen molar-refractivity contribution in [3.8, 4) is 0 Å². The van der Waals surface area contributed by atoms with Crippen LogP contribution in [0, 0.1) is 11.8 Å². The number of likely N-dealkylation sites (N-methyl/N-ethyl adjacent to an activating group) is 1. The highest BCUT2D eigenvalue weighted by Crippen LogP contribution is 2.40. The highest BCUT2D eigenvalue weighted by Gasteiger charge is 2.39. The molecule has 0 saturated heterocycles. The van der Waals surface area contributed by atoms with Gasteiger partial charge in [-0.05, 0) is 50.2 Å². The molecule has 2 nitrogen and oxygen atoms in total. The normalized spacial score (nSPS) is 26.0. The van der Waals surface area contributed by atoms with Crippen LogP contribution in [0.25, 0.3) is 0 Å². The third-order valence-electron chi connectivity index (χ3n) is 5.06. The molecule has 2 N–H and O–H groups in total. The second-order valence-corrected chi connectivity index (χ2v) is 7.10. The fourth-order valence-electron chi connectivity index (χ4n) is 4.27. The minimum atomic E-state index is 0.161. The number of nitrogens with two attached hydrogens (primary N) is 1. The Bertz CT molecular complexity index is 415. The largest absolute Gasteiger partial charge is 0.365 e. The van der Waals surface area contributed by atoms with Crippen molar-refractivity contribution in [2.75, 3.05) is 18.0 Å². The molecule has 2 atom stereocenters. The second kappa shape index (κ2) is 7.31. The maximum atomic E-state index is 6.30. The predicted molar refractivity (Wildman–Crippen MR) is 92.7 cm³/mol. The van der Waals surface area contributed by atoms with Crippen LogP contribution in [0.4, 0.5) is 5.69 Å². The summed E-state index contributed by atoms with van der Waals surface area (Å²) in [5.74, 6) is 1.62. The van der Waals surface area contributed by atoms with Gasteiger partial charge < -0.3 is 10.6 Å². The zero-order chi connectivity index (χ0) is 15.3. The van der Waals surface area contributed by atoms with Crippen LogP contribution in [0.15, 0.2) is 30.3 Å². The van der Waals surface area contributed by atoms with Crippen LogP contribution >= 0.6 is 0 Å². The van der Waals surface area contributed by atoms with E-state index >= 15 is 0 Å². The number of nitrogens with zero attached hydrogens (tertiary/aromatic N) is 1. The number of hydrogen-bond donors (Lipinski definition) is 1. The van der Waals surface area contributed by atoms with Gasteiger partial charge in [0.2, 0.25) is 0 Å². The lowest BCUT2D eigenvalue weighted by molar-refractivity contribution is 0.196. The zero-order valence-electron chi connectivity index (χ0n) is 14.0. The summed E-state index contributed by atoms with van der Waals surface area (Å²) >= 11 is 0. The van der Waals surface area contributed by atoms with Crippen molar-refractivity contribution >= 4 is 5.69 Å². The summed E-state index contributed by atoms with van der Waals surface area (Å²) in [6, 6.07) is 10.8. The van der Waals surface area contributed by atoms with Gasteiger partial charge >= 0.3 is 0 Å². The highest BCUT2D eigenvalue weighted by atomic mass is 15.2. The van der Waals surface area contributed by atoms with Crippen molar-refractivity contribution in [2.45, 2.75) is 58.4 Å². The highest BCUT2D eigenvalue weighted by molar-refractivity contribution is 5.49. The first kappa shape index (κ1) is 16.4. The molecule has 1 aliphatic carbocycles. The van der Waals surface area contributed by atoms with Crippen molar-refractivity contribution in [3.63, 3.8) is 0 Å². The van der Waals surface area contributed by atoms with Crippen LogP contribution in [0.5, 0.6) is 0 Å². The van der Waals surface area contributed by atoms with Crippen molar-refractivity contribution in [1.82, 2.24) is 0 Å². The monoisotopic (exact) mass is 288 g/mol. The standard InChI is InChI=1S/C19H32N2/c1-4-21(18-10-6-5-7-11-18)19(15-20)12-8-9-17(14-19)13-16(2)3/h5-7,10-11,16-17H,4,8-9,12-15,20H2,1-3H3. The molecule has 2 unspecified atom stereocenters. The quantitative estimate of drug-likeness (QED) is 0.838. The molecule has 0 radical (unpaired) electrons. The van der Waals surface area contributed by atoms with Crippen LogP contribution in [0.1, 0.15) is 52.9 Å². The number of hydrogen-bond acceptors (Lipinski definition) is 2. The number of anilines is 1. The molecule has 0 amide bonds. The fraction of sp³-hybridized carbons (Fsp3) is 0.684. The first-order valence-electron chi connectivity index (χ1n) is 8.64. The molecule has 1 aromatic rings. The van der Waals surface area contributed by atoms with Gasteiger partial charge in [0.05, 0.1) is 5.54 Å². The Morgan fingerprint density at radius 1 is 1.29 bits per heavy atom. The van der Waals surface area contributed by atoms with Gasteiger partial charge in [0, 0.05) is 18.8 Å². The first-order valence-corrected chi connectivity index (χ1v) is 8.64. The molecule has 1 aliphatic rings. The van der Waals surface area contributed by atoms with Gasteiger partial charge in [-0.3, -0.25) is 0 Å². The van der Waals surface area contributed by atoms with Crippen LogP contribution < -0.4 is 10.6 Å². The molecule has 0 aromatic heterocycles. The molecule has 118 valence electrons. The molecule has 1 fully saturated rings. The van der Waals surface area contributed by atoms with E-state index in [1.165, 1.54) is 37.8 Å². The second-order valence-electron chi connectivity index (χ2n) is 7.10. The van der Waals surface area contributed by atoms with Crippen molar-refractivity contribution < 1.29 is 0 Å². The van der Waals surface area contributed by atoms with E-state index in [4.69, 9.17) is 5.73 Å². The van der Waals surface area contributed by atoms with E-state index in [9.17, 15) is 0 Å². The molecule has 1 aromatic carbocycles. The molecule has 2 heteroatoms. The Morgan fingerprint density at radius 2 is 2.00 bits per heavy atom. The molecule has 2 rings (SSSR count). The van der Waals surface area contributed by atoms with Crippen molar-refractivity contribution in [3.05, 3.63) is 30.3 Å². The molecule has 0 bridgehead atoms. The van der Waals surface area contributed by atoms with Gasteiger partial charge in [-0.1, -0.05) is 44.9 Å². The minimum Gasteiger partial charge on any atom is -0.365 e. The number of rotatable bonds is 6. The molecule has 0 aliphatic heterocycles. The zero-order valence-corrected chi connectivity index (χ0v) is 14.0. The maximum Gasteiger partial charge on any atom is 0.0526 e. The Kier molecular flexibility index (Phi) is 5.69. The van der Waals surface area contributed by atoms with Gasteiger partial charge in [0.25, 0.3) is 0 Å². The van der Waals surface area contributed by atoms with Crippen LogP contribution in [-0.2, 0) is 0 Å². The van der Waals surface area contributed by atoms with E-state index in [1.807, 2.05) is 0 Å². The molecular weight excluding hydrogens is 256 g/mol. The lowest BCUT2D eigenvalue weighted by atomic mass is 9.72. The minimum absolute atomic E-state index is 0.161. The summed E-state index contributed by atoms with van der Waals surface area (Å²) in [4.78, 5) is 2.57. The van der Waals surface area contributed by atoms with E-state index in [0.717, 1.165) is 24.9 Å². The van der Waals surface area contributed by atoms with Crippen molar-refractivity contribution in [2.24, 2.45) is 17.6 Å². The van der Waals surface area contributed by atoms with Gasteiger partial charge in [0.15, 0.2) is 0 Å². The summed E-state index contributed by atoms with van der Waals surface area (Å²) in [6.07, 6.45) is 6.53. The summed E-state index contributed by atoms with van der Waals surface area (Å²) in [5.41, 5.74) is 7.79. The Hall–Kier alpha value is -1.02. The van der Waals surface area contributed by atoms with Crippen LogP contribution in [0.2, 0.25) is 0 Å².